The molecule has 0 aliphatic heterocycles. The Hall–Kier alpha value is -1.55. The molecular formula is C15H22O4. The summed E-state index contributed by atoms with van der Waals surface area (Å²) >= 11 is 0. The normalized spacial score (nSPS) is 15.1. The van der Waals surface area contributed by atoms with Crippen molar-refractivity contribution in [3.63, 3.8) is 0 Å². The first kappa shape index (κ1) is 15.5. The zero-order chi connectivity index (χ0) is 14.8. The van der Waals surface area contributed by atoms with Gasteiger partial charge in [0.1, 0.15) is 11.4 Å². The first-order valence-electron chi connectivity index (χ1n) is 6.32. The van der Waals surface area contributed by atoms with E-state index in [0.29, 0.717) is 11.3 Å². The van der Waals surface area contributed by atoms with Crippen LogP contribution < -0.4 is 4.74 Å². The lowest BCUT2D eigenvalue weighted by molar-refractivity contribution is -0.164. The molecule has 0 amide bonds. The van der Waals surface area contributed by atoms with Gasteiger partial charge in [0.15, 0.2) is 0 Å². The largest absolute Gasteiger partial charge is 0.491 e. The summed E-state index contributed by atoms with van der Waals surface area (Å²) < 4.78 is 5.52. The van der Waals surface area contributed by atoms with E-state index in [1.807, 2.05) is 13.8 Å². The molecule has 19 heavy (non-hydrogen) atoms. The average Bonchev–Trinajstić information content (AvgIpc) is 2.28. The van der Waals surface area contributed by atoms with Crippen molar-refractivity contribution in [2.45, 2.75) is 46.3 Å². The standard InChI is InChI=1S/C15H22O4/c1-10(2)19-12-8-6-11(7-9-12)15(5,18)14(3,4)13(16)17/h6-10,18H,1-5H3,(H,16,17). The second-order valence-electron chi connectivity index (χ2n) is 5.69. The maximum absolute atomic E-state index is 11.3. The molecule has 0 saturated carbocycles. The van der Waals surface area contributed by atoms with Crippen LogP contribution in [0.5, 0.6) is 5.75 Å². The lowest BCUT2D eigenvalue weighted by Crippen LogP contribution is -2.44. The number of carbonyl (C=O) groups is 1. The number of rotatable bonds is 5. The average molecular weight is 266 g/mol. The summed E-state index contributed by atoms with van der Waals surface area (Å²) in [5.41, 5.74) is -2.20. The molecule has 4 heteroatoms. The smallest absolute Gasteiger partial charge is 0.312 e. The highest BCUT2D eigenvalue weighted by atomic mass is 16.5. The van der Waals surface area contributed by atoms with Gasteiger partial charge in [-0.05, 0) is 52.3 Å². The van der Waals surface area contributed by atoms with Gasteiger partial charge >= 0.3 is 5.97 Å². The molecule has 4 nitrogen and oxygen atoms in total. The number of carboxylic acids is 1. The lowest BCUT2D eigenvalue weighted by atomic mass is 9.72. The Balaban J connectivity index is 3.06. The van der Waals surface area contributed by atoms with Crippen LogP contribution in [0.2, 0.25) is 0 Å². The molecule has 2 N–H and O–H groups in total. The molecule has 0 heterocycles. The molecule has 0 saturated heterocycles. The number of ether oxygens (including phenoxy) is 1. The zero-order valence-corrected chi connectivity index (χ0v) is 12.1. The molecule has 0 aliphatic rings. The second-order valence-corrected chi connectivity index (χ2v) is 5.69. The first-order chi connectivity index (χ1) is 8.59. The summed E-state index contributed by atoms with van der Waals surface area (Å²) in [6.45, 7) is 8.39. The molecule has 1 atom stereocenters. The highest BCUT2D eigenvalue weighted by Crippen LogP contribution is 2.40. The number of hydrogen-bond donors (Lipinski definition) is 2. The van der Waals surface area contributed by atoms with Crippen molar-refractivity contribution in [1.82, 2.24) is 0 Å². The van der Waals surface area contributed by atoms with Crippen LogP contribution in [0, 0.1) is 5.41 Å². The molecule has 0 aromatic heterocycles. The molecule has 0 radical (unpaired) electrons. The van der Waals surface area contributed by atoms with Crippen LogP contribution in [-0.4, -0.2) is 22.3 Å². The number of aliphatic hydroxyl groups is 1. The molecule has 0 bridgehead atoms. The third kappa shape index (κ3) is 3.07. The third-order valence-electron chi connectivity index (χ3n) is 3.54. The molecule has 0 fully saturated rings. The quantitative estimate of drug-likeness (QED) is 0.860. The van der Waals surface area contributed by atoms with E-state index in [-0.39, 0.29) is 6.10 Å². The summed E-state index contributed by atoms with van der Waals surface area (Å²) in [4.78, 5) is 11.3. The first-order valence-corrected chi connectivity index (χ1v) is 6.32. The van der Waals surface area contributed by atoms with E-state index in [4.69, 9.17) is 4.74 Å². The van der Waals surface area contributed by atoms with Crippen molar-refractivity contribution in [3.05, 3.63) is 29.8 Å². The molecule has 1 unspecified atom stereocenters. The van der Waals surface area contributed by atoms with E-state index < -0.39 is 17.0 Å². The molecule has 1 rings (SSSR count). The van der Waals surface area contributed by atoms with Gasteiger partial charge in [-0.25, -0.2) is 0 Å². The van der Waals surface area contributed by atoms with Gasteiger partial charge in [-0.1, -0.05) is 12.1 Å². The molecular weight excluding hydrogens is 244 g/mol. The fourth-order valence-electron chi connectivity index (χ4n) is 1.70. The number of benzene rings is 1. The van der Waals surface area contributed by atoms with Gasteiger partial charge in [0.25, 0.3) is 0 Å². The van der Waals surface area contributed by atoms with Crippen molar-refractivity contribution >= 4 is 5.97 Å². The summed E-state index contributed by atoms with van der Waals surface area (Å²) in [6.07, 6.45) is 0.0711. The van der Waals surface area contributed by atoms with Crippen molar-refractivity contribution in [3.8, 4) is 5.75 Å². The van der Waals surface area contributed by atoms with E-state index in [9.17, 15) is 15.0 Å². The fraction of sp³-hybridized carbons (Fsp3) is 0.533. The van der Waals surface area contributed by atoms with Crippen molar-refractivity contribution < 1.29 is 19.7 Å². The summed E-state index contributed by atoms with van der Waals surface area (Å²) in [5.74, 6) is -0.345. The van der Waals surface area contributed by atoms with Crippen molar-refractivity contribution in [2.24, 2.45) is 5.41 Å². The van der Waals surface area contributed by atoms with E-state index in [0.717, 1.165) is 0 Å². The van der Waals surface area contributed by atoms with Crippen LogP contribution in [0.25, 0.3) is 0 Å². The number of carboxylic acid groups (broad SMARTS) is 1. The Morgan fingerprint density at radius 3 is 2.00 bits per heavy atom. The van der Waals surface area contributed by atoms with E-state index in [1.54, 1.807) is 24.3 Å². The molecule has 1 aromatic carbocycles. The summed E-state index contributed by atoms with van der Waals surface area (Å²) in [6, 6.07) is 6.87. The SMILES string of the molecule is CC(C)Oc1ccc(C(C)(O)C(C)(C)C(=O)O)cc1. The predicted octanol–water partition coefficient (Wildman–Crippen LogP) is 2.79. The fourth-order valence-corrected chi connectivity index (χ4v) is 1.70. The summed E-state index contributed by atoms with van der Waals surface area (Å²) in [7, 11) is 0. The van der Waals surface area contributed by atoms with Crippen LogP contribution in [0.4, 0.5) is 0 Å². The van der Waals surface area contributed by atoms with E-state index >= 15 is 0 Å². The predicted molar refractivity (Wildman–Crippen MR) is 73.2 cm³/mol. The Morgan fingerprint density at radius 1 is 1.16 bits per heavy atom. The van der Waals surface area contributed by atoms with Gasteiger partial charge in [0.05, 0.1) is 11.5 Å². The highest BCUT2D eigenvalue weighted by molar-refractivity contribution is 5.75. The third-order valence-corrected chi connectivity index (χ3v) is 3.54. The van der Waals surface area contributed by atoms with Crippen molar-refractivity contribution in [2.75, 3.05) is 0 Å². The minimum Gasteiger partial charge on any atom is -0.491 e. The van der Waals surface area contributed by atoms with Gasteiger partial charge in [-0.3, -0.25) is 4.79 Å². The van der Waals surface area contributed by atoms with Crippen LogP contribution in [-0.2, 0) is 10.4 Å². The van der Waals surface area contributed by atoms with Gasteiger partial charge < -0.3 is 14.9 Å². The minimum atomic E-state index is -1.46. The molecule has 0 aliphatic carbocycles. The van der Waals surface area contributed by atoms with Crippen molar-refractivity contribution in [1.29, 1.82) is 0 Å². The highest BCUT2D eigenvalue weighted by Gasteiger charge is 2.46. The van der Waals surface area contributed by atoms with E-state index in [2.05, 4.69) is 0 Å². The van der Waals surface area contributed by atoms with E-state index in [1.165, 1.54) is 20.8 Å². The topological polar surface area (TPSA) is 66.8 Å². The Labute approximate surface area is 114 Å². The number of hydrogen-bond acceptors (Lipinski definition) is 3. The monoisotopic (exact) mass is 266 g/mol. The van der Waals surface area contributed by atoms with Crippen LogP contribution in [0.1, 0.15) is 40.2 Å². The van der Waals surface area contributed by atoms with Crippen LogP contribution in [0.3, 0.4) is 0 Å². The van der Waals surface area contributed by atoms with Gasteiger partial charge in [0, 0.05) is 0 Å². The van der Waals surface area contributed by atoms with Gasteiger partial charge in [-0.15, -0.1) is 0 Å². The Kier molecular flexibility index (Phi) is 4.25. The van der Waals surface area contributed by atoms with Gasteiger partial charge in [0.2, 0.25) is 0 Å². The maximum atomic E-state index is 11.3. The molecule has 0 spiro atoms. The maximum Gasteiger partial charge on any atom is 0.312 e. The Morgan fingerprint density at radius 2 is 1.63 bits per heavy atom. The molecule has 1 aromatic rings. The zero-order valence-electron chi connectivity index (χ0n) is 12.1. The summed E-state index contributed by atoms with van der Waals surface area (Å²) in [5, 5.41) is 19.8. The minimum absolute atomic E-state index is 0.0711. The van der Waals surface area contributed by atoms with Crippen LogP contribution >= 0.6 is 0 Å². The second kappa shape index (κ2) is 5.21. The van der Waals surface area contributed by atoms with Gasteiger partial charge in [-0.2, -0.15) is 0 Å². The Bertz CT molecular complexity index is 444. The molecule has 106 valence electrons. The lowest BCUT2D eigenvalue weighted by Gasteiger charge is -2.37. The van der Waals surface area contributed by atoms with Crippen LogP contribution in [0.15, 0.2) is 24.3 Å². The number of aliphatic carboxylic acids is 1.